The Morgan fingerprint density at radius 2 is 2.11 bits per heavy atom. The molecular formula is C18H22N4O5. The summed E-state index contributed by atoms with van der Waals surface area (Å²) in [4.78, 5) is 37.9. The van der Waals surface area contributed by atoms with Gasteiger partial charge in [-0.3, -0.25) is 14.3 Å². The molecule has 0 aliphatic carbocycles. The molecule has 1 amide bonds. The molecule has 0 spiro atoms. The Hall–Kier alpha value is -2.91. The lowest BCUT2D eigenvalue weighted by molar-refractivity contribution is -0.000162. The van der Waals surface area contributed by atoms with Crippen molar-refractivity contribution in [1.82, 2.24) is 14.9 Å². The molecule has 0 unspecified atom stereocenters. The average molecular weight is 374 g/mol. The van der Waals surface area contributed by atoms with Crippen molar-refractivity contribution in [2.45, 2.75) is 38.3 Å². The topological polar surface area (TPSA) is 128 Å². The zero-order valence-corrected chi connectivity index (χ0v) is 14.9. The van der Waals surface area contributed by atoms with Crippen LogP contribution in [-0.4, -0.2) is 34.3 Å². The van der Waals surface area contributed by atoms with Crippen molar-refractivity contribution >= 4 is 6.09 Å². The summed E-state index contributed by atoms with van der Waals surface area (Å²) in [5.74, 6) is 0. The Balaban J connectivity index is 1.64. The van der Waals surface area contributed by atoms with Crippen LogP contribution in [0.5, 0.6) is 0 Å². The van der Waals surface area contributed by atoms with Gasteiger partial charge in [-0.25, -0.2) is 9.59 Å². The van der Waals surface area contributed by atoms with Gasteiger partial charge in [-0.2, -0.15) is 0 Å². The number of aryl methyl sites for hydroxylation is 1. The van der Waals surface area contributed by atoms with Crippen molar-refractivity contribution in [3.05, 3.63) is 68.5 Å². The second-order valence-corrected chi connectivity index (χ2v) is 6.39. The number of ether oxygens (including phenoxy) is 2. The number of H-pyrrole nitrogens is 1. The highest BCUT2D eigenvalue weighted by molar-refractivity contribution is 5.67. The molecule has 2 heterocycles. The second kappa shape index (κ2) is 8.19. The van der Waals surface area contributed by atoms with E-state index in [0.29, 0.717) is 12.0 Å². The van der Waals surface area contributed by atoms with Crippen LogP contribution in [0.25, 0.3) is 0 Å². The van der Waals surface area contributed by atoms with Gasteiger partial charge < -0.3 is 20.5 Å². The Morgan fingerprint density at radius 1 is 1.37 bits per heavy atom. The van der Waals surface area contributed by atoms with Crippen molar-refractivity contribution in [3.63, 3.8) is 0 Å². The fourth-order valence-electron chi connectivity index (χ4n) is 2.99. The van der Waals surface area contributed by atoms with Crippen LogP contribution in [-0.2, 0) is 16.1 Å². The zero-order chi connectivity index (χ0) is 19.4. The third-order valence-electron chi connectivity index (χ3n) is 4.44. The normalized spacial score (nSPS) is 21.8. The Morgan fingerprint density at radius 3 is 2.81 bits per heavy atom. The molecule has 4 N–H and O–H groups in total. The Kier molecular flexibility index (Phi) is 5.72. The molecule has 0 saturated carbocycles. The van der Waals surface area contributed by atoms with Gasteiger partial charge in [0.05, 0.1) is 12.1 Å². The van der Waals surface area contributed by atoms with Gasteiger partial charge in [0, 0.05) is 24.7 Å². The molecule has 1 saturated heterocycles. The highest BCUT2D eigenvalue weighted by atomic mass is 16.6. The Labute approximate surface area is 155 Å². The summed E-state index contributed by atoms with van der Waals surface area (Å²) < 4.78 is 12.3. The van der Waals surface area contributed by atoms with E-state index < -0.39 is 35.7 Å². The number of hydrogen-bond donors (Lipinski definition) is 3. The van der Waals surface area contributed by atoms with Crippen LogP contribution in [0.15, 0.2) is 46.1 Å². The number of alkyl carbamates (subject to hydrolysis) is 1. The number of amides is 1. The van der Waals surface area contributed by atoms with Gasteiger partial charge in [0.1, 0.15) is 12.8 Å². The Bertz CT molecular complexity index is 908. The number of aromatic nitrogens is 2. The number of nitrogens with one attached hydrogen (secondary N) is 2. The van der Waals surface area contributed by atoms with Gasteiger partial charge in [0.2, 0.25) is 0 Å². The molecule has 3 atom stereocenters. The number of nitrogens with two attached hydrogens (primary N) is 1. The molecule has 1 fully saturated rings. The molecule has 27 heavy (non-hydrogen) atoms. The first-order valence-corrected chi connectivity index (χ1v) is 8.62. The predicted octanol–water partition coefficient (Wildman–Crippen LogP) is 0.386. The minimum Gasteiger partial charge on any atom is -0.445 e. The van der Waals surface area contributed by atoms with Crippen molar-refractivity contribution in [2.24, 2.45) is 5.73 Å². The van der Waals surface area contributed by atoms with Crippen LogP contribution >= 0.6 is 0 Å². The van der Waals surface area contributed by atoms with Gasteiger partial charge >= 0.3 is 11.8 Å². The molecule has 144 valence electrons. The van der Waals surface area contributed by atoms with Crippen molar-refractivity contribution < 1.29 is 14.3 Å². The maximum Gasteiger partial charge on any atom is 0.407 e. The van der Waals surface area contributed by atoms with Gasteiger partial charge in [0.25, 0.3) is 5.56 Å². The predicted molar refractivity (Wildman–Crippen MR) is 97.2 cm³/mol. The van der Waals surface area contributed by atoms with E-state index in [-0.39, 0.29) is 13.2 Å². The molecule has 2 aromatic rings. The fourth-order valence-corrected chi connectivity index (χ4v) is 2.99. The monoisotopic (exact) mass is 374 g/mol. The van der Waals surface area contributed by atoms with Crippen LogP contribution in [0.3, 0.4) is 0 Å². The molecule has 0 radical (unpaired) electrons. The van der Waals surface area contributed by atoms with E-state index in [1.54, 1.807) is 6.92 Å². The van der Waals surface area contributed by atoms with Crippen LogP contribution in [0, 0.1) is 6.92 Å². The van der Waals surface area contributed by atoms with Gasteiger partial charge in [-0.05, 0) is 12.5 Å². The van der Waals surface area contributed by atoms with Crippen molar-refractivity contribution in [1.29, 1.82) is 0 Å². The van der Waals surface area contributed by atoms with Gasteiger partial charge in [-0.1, -0.05) is 30.3 Å². The lowest BCUT2D eigenvalue weighted by Crippen LogP contribution is -2.43. The quantitative estimate of drug-likeness (QED) is 0.694. The third-order valence-corrected chi connectivity index (χ3v) is 4.44. The lowest BCUT2D eigenvalue weighted by Gasteiger charge is -2.17. The zero-order valence-electron chi connectivity index (χ0n) is 14.9. The van der Waals surface area contributed by atoms with Crippen LogP contribution in [0.1, 0.15) is 23.8 Å². The van der Waals surface area contributed by atoms with E-state index in [1.165, 1.54) is 10.8 Å². The average Bonchev–Trinajstić information content (AvgIpc) is 3.06. The van der Waals surface area contributed by atoms with Crippen LogP contribution in [0.4, 0.5) is 4.79 Å². The highest BCUT2D eigenvalue weighted by Gasteiger charge is 2.37. The summed E-state index contributed by atoms with van der Waals surface area (Å²) in [6.45, 7) is 1.91. The van der Waals surface area contributed by atoms with Crippen molar-refractivity contribution in [2.75, 3.05) is 6.54 Å². The SMILES string of the molecule is Cc1cn([C@H]2C[C@H](NC(=O)OCc3ccccc3)[C@@H](CN)O2)c(=O)[nH]c1=O. The summed E-state index contributed by atoms with van der Waals surface area (Å²) in [5.41, 5.74) is 5.99. The first-order chi connectivity index (χ1) is 13.0. The standard InChI is InChI=1S/C18H22N4O5/c1-11-9-22(17(24)21-16(11)23)15-7-13(14(8-19)27-15)20-18(25)26-10-12-5-3-2-4-6-12/h2-6,9,13-15H,7-8,10,19H2,1H3,(H,20,25)(H,21,23,24)/t13-,14+,15+/m0/s1. The largest absolute Gasteiger partial charge is 0.445 e. The molecule has 9 heteroatoms. The third kappa shape index (κ3) is 4.44. The van der Waals surface area contributed by atoms with Crippen LogP contribution in [0.2, 0.25) is 0 Å². The van der Waals surface area contributed by atoms with Crippen LogP contribution < -0.4 is 22.3 Å². The summed E-state index contributed by atoms with van der Waals surface area (Å²) in [5, 5.41) is 2.74. The number of nitrogens with zero attached hydrogens (tertiary/aromatic N) is 1. The van der Waals surface area contributed by atoms with E-state index in [4.69, 9.17) is 15.2 Å². The van der Waals surface area contributed by atoms with E-state index in [9.17, 15) is 14.4 Å². The summed E-state index contributed by atoms with van der Waals surface area (Å²) in [7, 11) is 0. The molecule has 1 aliphatic heterocycles. The number of aromatic amines is 1. The summed E-state index contributed by atoms with van der Waals surface area (Å²) in [6.07, 6.45) is 0.0689. The van der Waals surface area contributed by atoms with E-state index in [1.807, 2.05) is 30.3 Å². The van der Waals surface area contributed by atoms with E-state index >= 15 is 0 Å². The number of carbonyl (C=O) groups is 1. The lowest BCUT2D eigenvalue weighted by atomic mass is 10.1. The molecule has 1 aromatic heterocycles. The minimum absolute atomic E-state index is 0.148. The maximum atomic E-state index is 12.1. The maximum absolute atomic E-state index is 12.1. The number of rotatable bonds is 5. The van der Waals surface area contributed by atoms with E-state index in [0.717, 1.165) is 5.56 Å². The number of benzene rings is 1. The summed E-state index contributed by atoms with van der Waals surface area (Å²) in [6, 6.07) is 8.90. The van der Waals surface area contributed by atoms with E-state index in [2.05, 4.69) is 10.3 Å². The van der Waals surface area contributed by atoms with Crippen molar-refractivity contribution in [3.8, 4) is 0 Å². The molecule has 0 bridgehead atoms. The molecule has 1 aromatic carbocycles. The molecular weight excluding hydrogens is 352 g/mol. The minimum atomic E-state index is -0.638. The first-order valence-electron chi connectivity index (χ1n) is 8.62. The van der Waals surface area contributed by atoms with Gasteiger partial charge in [-0.15, -0.1) is 0 Å². The second-order valence-electron chi connectivity index (χ2n) is 6.39. The fraction of sp³-hybridized carbons (Fsp3) is 0.389. The smallest absolute Gasteiger partial charge is 0.407 e. The first kappa shape index (κ1) is 18.9. The number of carbonyl (C=O) groups excluding carboxylic acids is 1. The van der Waals surface area contributed by atoms with Gasteiger partial charge in [0.15, 0.2) is 0 Å². The summed E-state index contributed by atoms with van der Waals surface area (Å²) >= 11 is 0. The molecule has 1 aliphatic rings. The molecule has 9 nitrogen and oxygen atoms in total. The molecule has 3 rings (SSSR count). The number of hydrogen-bond acceptors (Lipinski definition) is 6. The highest BCUT2D eigenvalue weighted by Crippen LogP contribution is 2.27.